The van der Waals surface area contributed by atoms with Gasteiger partial charge in [-0.2, -0.15) is 0 Å². The fourth-order valence-electron chi connectivity index (χ4n) is 0.903. The molecule has 0 aliphatic carbocycles. The predicted octanol–water partition coefficient (Wildman–Crippen LogP) is 1.00. The minimum absolute atomic E-state index is 0.0505. The fraction of sp³-hybridized carbons (Fsp3) is 0.222. The van der Waals surface area contributed by atoms with Gasteiger partial charge in [-0.3, -0.25) is 9.00 Å². The van der Waals surface area contributed by atoms with Gasteiger partial charge in [-0.25, -0.2) is 0 Å². The molecule has 3 nitrogen and oxygen atoms in total. The van der Waals surface area contributed by atoms with Crippen LogP contribution in [0, 0.1) is 0 Å². The van der Waals surface area contributed by atoms with E-state index >= 15 is 0 Å². The second kappa shape index (κ2) is 4.77. The first-order chi connectivity index (χ1) is 6.18. The summed E-state index contributed by atoms with van der Waals surface area (Å²) in [5, 5.41) is 2.64. The molecule has 0 bridgehead atoms. The molecule has 4 heteroatoms. The summed E-state index contributed by atoms with van der Waals surface area (Å²) < 4.78 is 10.7. The summed E-state index contributed by atoms with van der Waals surface area (Å²) >= 11 is 0. The molecule has 1 amide bonds. The molecule has 0 aliphatic rings. The molecule has 0 spiro atoms. The second-order valence-corrected chi connectivity index (χ2v) is 4.07. The number of nitrogens with one attached hydrogen (secondary N) is 1. The van der Waals surface area contributed by atoms with Gasteiger partial charge in [-0.1, -0.05) is 18.2 Å². The van der Waals surface area contributed by atoms with E-state index in [1.807, 2.05) is 18.2 Å². The average molecular weight is 197 g/mol. The van der Waals surface area contributed by atoms with Crippen molar-refractivity contribution in [1.29, 1.82) is 0 Å². The van der Waals surface area contributed by atoms with E-state index in [-0.39, 0.29) is 11.7 Å². The Hall–Kier alpha value is -1.16. The van der Waals surface area contributed by atoms with Gasteiger partial charge in [-0.15, -0.1) is 0 Å². The third-order valence-electron chi connectivity index (χ3n) is 1.39. The highest BCUT2D eigenvalue weighted by atomic mass is 32.2. The van der Waals surface area contributed by atoms with E-state index in [1.165, 1.54) is 6.26 Å². The van der Waals surface area contributed by atoms with Gasteiger partial charge < -0.3 is 5.32 Å². The molecule has 0 radical (unpaired) electrons. The number of hydrogen-bond donors (Lipinski definition) is 1. The van der Waals surface area contributed by atoms with Gasteiger partial charge in [0.25, 0.3) is 0 Å². The molecule has 1 atom stereocenters. The van der Waals surface area contributed by atoms with Crippen LogP contribution in [0.3, 0.4) is 0 Å². The molecule has 1 rings (SSSR count). The maximum Gasteiger partial charge on any atom is 0.236 e. The van der Waals surface area contributed by atoms with Crippen molar-refractivity contribution in [3.05, 3.63) is 30.3 Å². The van der Waals surface area contributed by atoms with E-state index in [0.29, 0.717) is 0 Å². The van der Waals surface area contributed by atoms with Crippen molar-refractivity contribution >= 4 is 22.4 Å². The molecular formula is C9H11NO2S. The monoisotopic (exact) mass is 197 g/mol. The normalized spacial score (nSPS) is 12.1. The van der Waals surface area contributed by atoms with Crippen LogP contribution in [0.1, 0.15) is 0 Å². The SMILES string of the molecule is CS(=O)CC(=O)Nc1ccccc1. The summed E-state index contributed by atoms with van der Waals surface area (Å²) in [4.78, 5) is 11.1. The van der Waals surface area contributed by atoms with Crippen molar-refractivity contribution < 1.29 is 9.00 Å². The first-order valence-electron chi connectivity index (χ1n) is 3.83. The van der Waals surface area contributed by atoms with Gasteiger partial charge in [0.05, 0.1) is 0 Å². The van der Waals surface area contributed by atoms with Crippen LogP contribution >= 0.6 is 0 Å². The van der Waals surface area contributed by atoms with Gasteiger partial charge in [0.15, 0.2) is 0 Å². The molecule has 1 N–H and O–H groups in total. The number of benzene rings is 1. The third kappa shape index (κ3) is 3.85. The predicted molar refractivity (Wildman–Crippen MR) is 54.0 cm³/mol. The van der Waals surface area contributed by atoms with E-state index < -0.39 is 10.8 Å². The van der Waals surface area contributed by atoms with Crippen LogP contribution < -0.4 is 5.32 Å². The Morgan fingerprint density at radius 1 is 1.38 bits per heavy atom. The van der Waals surface area contributed by atoms with Crippen molar-refractivity contribution in [2.45, 2.75) is 0 Å². The summed E-state index contributed by atoms with van der Waals surface area (Å²) in [5.41, 5.74) is 0.734. The van der Waals surface area contributed by atoms with Crippen LogP contribution in [0.5, 0.6) is 0 Å². The summed E-state index contributed by atoms with van der Waals surface area (Å²) in [5.74, 6) is -0.165. The third-order valence-corrected chi connectivity index (χ3v) is 2.06. The Labute approximate surface area is 79.6 Å². The van der Waals surface area contributed by atoms with E-state index in [9.17, 15) is 9.00 Å². The Bertz CT molecular complexity index is 311. The zero-order valence-corrected chi connectivity index (χ0v) is 8.14. The van der Waals surface area contributed by atoms with E-state index in [1.54, 1.807) is 12.1 Å². The highest BCUT2D eigenvalue weighted by Gasteiger charge is 2.03. The van der Waals surface area contributed by atoms with Gasteiger partial charge in [0.1, 0.15) is 5.75 Å². The molecular weight excluding hydrogens is 186 g/mol. The highest BCUT2D eigenvalue weighted by Crippen LogP contribution is 2.04. The summed E-state index contributed by atoms with van der Waals surface area (Å²) in [6.07, 6.45) is 1.50. The molecule has 1 unspecified atom stereocenters. The first kappa shape index (κ1) is 9.92. The number of amides is 1. The Morgan fingerprint density at radius 2 is 2.00 bits per heavy atom. The van der Waals surface area contributed by atoms with Crippen molar-refractivity contribution in [3.63, 3.8) is 0 Å². The van der Waals surface area contributed by atoms with Crippen molar-refractivity contribution in [3.8, 4) is 0 Å². The maximum absolute atomic E-state index is 11.1. The minimum Gasteiger partial charge on any atom is -0.325 e. The van der Waals surface area contributed by atoms with Crippen LogP contribution in [0.4, 0.5) is 5.69 Å². The van der Waals surface area contributed by atoms with Crippen molar-refractivity contribution in [1.82, 2.24) is 0 Å². The molecule has 0 fully saturated rings. The van der Waals surface area contributed by atoms with E-state index in [4.69, 9.17) is 0 Å². The fourth-order valence-corrected chi connectivity index (χ4v) is 1.34. The molecule has 1 aromatic rings. The number of carbonyl (C=O) groups is 1. The lowest BCUT2D eigenvalue weighted by Crippen LogP contribution is -2.18. The lowest BCUT2D eigenvalue weighted by molar-refractivity contribution is -0.113. The quantitative estimate of drug-likeness (QED) is 0.785. The van der Waals surface area contributed by atoms with Crippen LogP contribution in [0.15, 0.2) is 30.3 Å². The van der Waals surface area contributed by atoms with Gasteiger partial charge >= 0.3 is 0 Å². The lowest BCUT2D eigenvalue weighted by Gasteiger charge is -2.02. The number of anilines is 1. The van der Waals surface area contributed by atoms with Crippen LogP contribution in [-0.4, -0.2) is 22.1 Å². The zero-order valence-electron chi connectivity index (χ0n) is 7.32. The average Bonchev–Trinajstić information content (AvgIpc) is 2.04. The smallest absolute Gasteiger partial charge is 0.236 e. The number of carbonyl (C=O) groups excluding carboxylic acids is 1. The molecule has 0 saturated carbocycles. The lowest BCUT2D eigenvalue weighted by atomic mass is 10.3. The molecule has 70 valence electrons. The second-order valence-electron chi connectivity index (χ2n) is 2.63. The van der Waals surface area contributed by atoms with E-state index in [2.05, 4.69) is 5.32 Å². The molecule has 0 aliphatic heterocycles. The van der Waals surface area contributed by atoms with Crippen molar-refractivity contribution in [2.75, 3.05) is 17.3 Å². The first-order valence-corrected chi connectivity index (χ1v) is 5.56. The number of rotatable bonds is 3. The van der Waals surface area contributed by atoms with Crippen molar-refractivity contribution in [2.24, 2.45) is 0 Å². The summed E-state index contributed by atoms with van der Waals surface area (Å²) in [6.45, 7) is 0. The number of hydrogen-bond acceptors (Lipinski definition) is 2. The van der Waals surface area contributed by atoms with Crippen LogP contribution in [-0.2, 0) is 15.6 Å². The van der Waals surface area contributed by atoms with Gasteiger partial charge in [0, 0.05) is 22.7 Å². The largest absolute Gasteiger partial charge is 0.325 e. The molecule has 13 heavy (non-hydrogen) atoms. The number of para-hydroxylation sites is 1. The Morgan fingerprint density at radius 3 is 2.54 bits per heavy atom. The summed E-state index contributed by atoms with van der Waals surface area (Å²) in [7, 11) is -1.08. The minimum atomic E-state index is -1.08. The molecule has 0 aromatic heterocycles. The zero-order chi connectivity index (χ0) is 9.68. The van der Waals surface area contributed by atoms with Gasteiger partial charge in [0.2, 0.25) is 5.91 Å². The molecule has 0 saturated heterocycles. The van der Waals surface area contributed by atoms with Crippen LogP contribution in [0.25, 0.3) is 0 Å². The maximum atomic E-state index is 11.1. The molecule has 1 aromatic carbocycles. The topological polar surface area (TPSA) is 46.2 Å². The summed E-state index contributed by atoms with van der Waals surface area (Å²) in [6, 6.07) is 9.11. The van der Waals surface area contributed by atoms with Gasteiger partial charge in [-0.05, 0) is 12.1 Å². The highest BCUT2D eigenvalue weighted by molar-refractivity contribution is 7.85. The Balaban J connectivity index is 2.50. The Kier molecular flexibility index (Phi) is 3.64. The van der Waals surface area contributed by atoms with E-state index in [0.717, 1.165) is 5.69 Å². The standard InChI is InChI=1S/C9H11NO2S/c1-13(12)7-9(11)10-8-5-3-2-4-6-8/h2-6H,7H2,1H3,(H,10,11). The molecule has 0 heterocycles. The van der Waals surface area contributed by atoms with Crippen LogP contribution in [0.2, 0.25) is 0 Å².